The van der Waals surface area contributed by atoms with Gasteiger partial charge < -0.3 is 5.43 Å². The van der Waals surface area contributed by atoms with E-state index >= 15 is 0 Å². The molecule has 0 saturated carbocycles. The smallest absolute Gasteiger partial charge is 0.143 e. The van der Waals surface area contributed by atoms with Crippen molar-refractivity contribution < 1.29 is 0 Å². The van der Waals surface area contributed by atoms with Crippen LogP contribution in [-0.2, 0) is 0 Å². The third kappa shape index (κ3) is 3.04. The summed E-state index contributed by atoms with van der Waals surface area (Å²) in [6, 6.07) is 6.03. The van der Waals surface area contributed by atoms with Gasteiger partial charge in [-0.1, -0.05) is 25.1 Å². The van der Waals surface area contributed by atoms with Crippen LogP contribution in [0.15, 0.2) is 27.7 Å². The largest absolute Gasteiger partial charge is 0.308 e. The molecule has 0 aromatic heterocycles. The molecule has 0 atom stereocenters. The molecule has 0 saturated heterocycles. The first-order valence-corrected chi connectivity index (χ1v) is 5.76. The zero-order chi connectivity index (χ0) is 11.3. The van der Waals surface area contributed by atoms with Gasteiger partial charge >= 0.3 is 0 Å². The molecule has 0 spiro atoms. The molecule has 0 bridgehead atoms. The van der Waals surface area contributed by atoms with Crippen LogP contribution in [0.3, 0.4) is 0 Å². The predicted octanol–water partition coefficient (Wildman–Crippen LogP) is 2.38. The van der Waals surface area contributed by atoms with E-state index in [-0.39, 0.29) is 0 Å². The SMILES string of the molecule is CCCN=C(NN)c1cccc(C)c1Br. The lowest BCUT2D eigenvalue weighted by Gasteiger charge is -2.09. The van der Waals surface area contributed by atoms with Gasteiger partial charge in [0.1, 0.15) is 5.84 Å². The quantitative estimate of drug-likeness (QED) is 0.383. The lowest BCUT2D eigenvalue weighted by atomic mass is 10.1. The molecule has 0 radical (unpaired) electrons. The van der Waals surface area contributed by atoms with E-state index in [0.717, 1.165) is 28.8 Å². The van der Waals surface area contributed by atoms with Crippen LogP contribution in [0.25, 0.3) is 0 Å². The molecule has 1 aromatic carbocycles. The highest BCUT2D eigenvalue weighted by molar-refractivity contribution is 9.10. The van der Waals surface area contributed by atoms with Crippen molar-refractivity contribution in [3.05, 3.63) is 33.8 Å². The molecule has 0 aliphatic carbocycles. The van der Waals surface area contributed by atoms with Gasteiger partial charge in [-0.25, -0.2) is 5.84 Å². The summed E-state index contributed by atoms with van der Waals surface area (Å²) in [5, 5.41) is 0. The van der Waals surface area contributed by atoms with Crippen molar-refractivity contribution in [3.63, 3.8) is 0 Å². The molecule has 4 heteroatoms. The van der Waals surface area contributed by atoms with Gasteiger partial charge in [0.25, 0.3) is 0 Å². The zero-order valence-electron chi connectivity index (χ0n) is 9.05. The number of aliphatic imine (C=N–C) groups is 1. The fourth-order valence-electron chi connectivity index (χ4n) is 1.26. The average molecular weight is 270 g/mol. The third-order valence-electron chi connectivity index (χ3n) is 2.08. The maximum atomic E-state index is 5.46. The van der Waals surface area contributed by atoms with Gasteiger partial charge in [0.2, 0.25) is 0 Å². The van der Waals surface area contributed by atoms with E-state index in [1.165, 1.54) is 5.56 Å². The highest BCUT2D eigenvalue weighted by atomic mass is 79.9. The van der Waals surface area contributed by atoms with Crippen LogP contribution < -0.4 is 11.3 Å². The van der Waals surface area contributed by atoms with Crippen molar-refractivity contribution in [2.24, 2.45) is 10.8 Å². The molecule has 1 rings (SSSR count). The number of amidine groups is 1. The van der Waals surface area contributed by atoms with Gasteiger partial charge in [0.15, 0.2) is 0 Å². The molecule has 0 heterocycles. The summed E-state index contributed by atoms with van der Waals surface area (Å²) in [6.45, 7) is 4.91. The number of nitrogens with two attached hydrogens (primary N) is 1. The maximum Gasteiger partial charge on any atom is 0.143 e. The van der Waals surface area contributed by atoms with Gasteiger partial charge in [-0.15, -0.1) is 0 Å². The van der Waals surface area contributed by atoms with Gasteiger partial charge in [0.05, 0.1) is 0 Å². The number of aryl methyl sites for hydroxylation is 1. The molecule has 1 aromatic rings. The Morgan fingerprint density at radius 3 is 2.87 bits per heavy atom. The first-order chi connectivity index (χ1) is 7.20. The second-order valence-electron chi connectivity index (χ2n) is 3.31. The van der Waals surface area contributed by atoms with Crippen molar-refractivity contribution in [2.45, 2.75) is 20.3 Å². The number of nitrogens with zero attached hydrogens (tertiary/aromatic N) is 1. The fraction of sp³-hybridized carbons (Fsp3) is 0.364. The van der Waals surface area contributed by atoms with Crippen molar-refractivity contribution in [1.82, 2.24) is 5.43 Å². The van der Waals surface area contributed by atoms with Gasteiger partial charge in [-0.05, 0) is 34.8 Å². The van der Waals surface area contributed by atoms with E-state index in [4.69, 9.17) is 5.84 Å². The number of rotatable bonds is 3. The molecule has 3 N–H and O–H groups in total. The van der Waals surface area contributed by atoms with Crippen molar-refractivity contribution in [3.8, 4) is 0 Å². The number of hydrogen-bond donors (Lipinski definition) is 2. The Morgan fingerprint density at radius 2 is 2.27 bits per heavy atom. The summed E-state index contributed by atoms with van der Waals surface area (Å²) < 4.78 is 1.04. The monoisotopic (exact) mass is 269 g/mol. The topological polar surface area (TPSA) is 50.4 Å². The van der Waals surface area contributed by atoms with E-state index < -0.39 is 0 Å². The molecule has 0 aliphatic rings. The summed E-state index contributed by atoms with van der Waals surface area (Å²) in [5.74, 6) is 6.19. The molecule has 82 valence electrons. The maximum absolute atomic E-state index is 5.46. The minimum atomic E-state index is 0.729. The van der Waals surface area contributed by atoms with E-state index in [9.17, 15) is 0 Å². The normalized spacial score (nSPS) is 11.6. The van der Waals surface area contributed by atoms with Crippen LogP contribution in [0, 0.1) is 6.92 Å². The minimum Gasteiger partial charge on any atom is -0.308 e. The third-order valence-corrected chi connectivity index (χ3v) is 3.13. The second kappa shape index (κ2) is 5.88. The van der Waals surface area contributed by atoms with E-state index in [2.05, 4.69) is 33.3 Å². The Morgan fingerprint density at radius 1 is 1.53 bits per heavy atom. The van der Waals surface area contributed by atoms with Crippen molar-refractivity contribution >= 4 is 21.8 Å². The van der Waals surface area contributed by atoms with Crippen molar-refractivity contribution in [1.29, 1.82) is 0 Å². The molecule has 0 aliphatic heterocycles. The highest BCUT2D eigenvalue weighted by Crippen LogP contribution is 2.21. The molecular weight excluding hydrogens is 254 g/mol. The van der Waals surface area contributed by atoms with E-state index in [0.29, 0.717) is 0 Å². The number of hydrazine groups is 1. The standard InChI is InChI=1S/C11H16BrN3/c1-3-7-14-11(15-13)9-6-4-5-8(2)10(9)12/h4-6H,3,7,13H2,1-2H3,(H,14,15). The summed E-state index contributed by atoms with van der Waals surface area (Å²) in [5.41, 5.74) is 4.82. The molecule has 0 unspecified atom stereocenters. The lowest BCUT2D eigenvalue weighted by Crippen LogP contribution is -2.31. The Kier molecular flexibility index (Phi) is 4.78. The van der Waals surface area contributed by atoms with Crippen LogP contribution in [0.4, 0.5) is 0 Å². The number of halogens is 1. The van der Waals surface area contributed by atoms with Gasteiger partial charge in [0, 0.05) is 16.6 Å². The lowest BCUT2D eigenvalue weighted by molar-refractivity contribution is 0.907. The Labute approximate surface area is 98.9 Å². The molecular formula is C11H16BrN3. The highest BCUT2D eigenvalue weighted by Gasteiger charge is 2.07. The Hall–Kier alpha value is -0.870. The van der Waals surface area contributed by atoms with Crippen LogP contribution >= 0.6 is 15.9 Å². The van der Waals surface area contributed by atoms with Crippen molar-refractivity contribution in [2.75, 3.05) is 6.54 Å². The van der Waals surface area contributed by atoms with E-state index in [1.54, 1.807) is 0 Å². The fourth-order valence-corrected chi connectivity index (χ4v) is 1.71. The van der Waals surface area contributed by atoms with Gasteiger partial charge in [-0.3, -0.25) is 4.99 Å². The average Bonchev–Trinajstić information content (AvgIpc) is 2.25. The molecule has 3 nitrogen and oxygen atoms in total. The minimum absolute atomic E-state index is 0.729. The number of benzene rings is 1. The first-order valence-electron chi connectivity index (χ1n) is 4.97. The van der Waals surface area contributed by atoms with Crippen LogP contribution in [0.1, 0.15) is 24.5 Å². The molecule has 0 amide bonds. The molecule has 0 fully saturated rings. The Bertz CT molecular complexity index is 361. The van der Waals surface area contributed by atoms with Crippen LogP contribution in [0.2, 0.25) is 0 Å². The second-order valence-corrected chi connectivity index (χ2v) is 4.10. The summed E-state index contributed by atoms with van der Waals surface area (Å²) in [4.78, 5) is 4.38. The number of nitrogens with one attached hydrogen (secondary N) is 1. The Balaban J connectivity index is 3.07. The summed E-state index contributed by atoms with van der Waals surface area (Å²) in [6.07, 6.45) is 1.01. The molecule has 15 heavy (non-hydrogen) atoms. The summed E-state index contributed by atoms with van der Waals surface area (Å²) >= 11 is 3.54. The predicted molar refractivity (Wildman–Crippen MR) is 67.9 cm³/mol. The first kappa shape index (κ1) is 12.2. The van der Waals surface area contributed by atoms with E-state index in [1.807, 2.05) is 25.1 Å². The van der Waals surface area contributed by atoms with Crippen LogP contribution in [0.5, 0.6) is 0 Å². The number of hydrogen-bond acceptors (Lipinski definition) is 2. The van der Waals surface area contributed by atoms with Crippen LogP contribution in [-0.4, -0.2) is 12.4 Å². The van der Waals surface area contributed by atoms with Gasteiger partial charge in [-0.2, -0.15) is 0 Å². The zero-order valence-corrected chi connectivity index (χ0v) is 10.6. The summed E-state index contributed by atoms with van der Waals surface area (Å²) in [7, 11) is 0.